The molecule has 2 N–H and O–H groups in total. The van der Waals surface area contributed by atoms with Crippen LogP contribution in [0.5, 0.6) is 0 Å². The number of nitrogens with zero attached hydrogens (tertiary/aromatic N) is 4. The lowest BCUT2D eigenvalue weighted by atomic mass is 9.96. The van der Waals surface area contributed by atoms with Gasteiger partial charge in [-0.1, -0.05) is 75.8 Å². The Morgan fingerprint density at radius 3 is 2.19 bits per heavy atom. The van der Waals surface area contributed by atoms with Crippen LogP contribution >= 0.6 is 0 Å². The zero-order valence-electron chi connectivity index (χ0n) is 27.4. The second-order valence-corrected chi connectivity index (χ2v) is 22.0. The quantitative estimate of drug-likeness (QED) is 0.244. The molecule has 0 radical (unpaired) electrons. The fourth-order valence-corrected chi connectivity index (χ4v) is 17.5. The predicted molar refractivity (Wildman–Crippen MR) is 170 cm³/mol. The van der Waals surface area contributed by atoms with Crippen LogP contribution in [0.2, 0.25) is 22.2 Å². The summed E-state index contributed by atoms with van der Waals surface area (Å²) in [5, 5.41) is 5.73. The topological polar surface area (TPSA) is 122 Å². The van der Waals surface area contributed by atoms with Crippen molar-refractivity contribution in [2.24, 2.45) is 5.92 Å². The van der Waals surface area contributed by atoms with Gasteiger partial charge in [0.25, 0.3) is 0 Å². The van der Waals surface area contributed by atoms with Crippen LogP contribution in [-0.2, 0) is 22.5 Å². The minimum atomic E-state index is -3.13. The molecule has 14 heteroatoms. The Hall–Kier alpha value is -2.24. The van der Waals surface area contributed by atoms with Crippen molar-refractivity contribution in [1.82, 2.24) is 19.5 Å². The molecular weight excluding hydrogens is 588 g/mol. The average Bonchev–Trinajstić information content (AvgIpc) is 3.45. The highest BCUT2D eigenvalue weighted by Gasteiger charge is 2.66. The van der Waals surface area contributed by atoms with E-state index in [0.717, 1.165) is 0 Å². The van der Waals surface area contributed by atoms with E-state index in [-0.39, 0.29) is 46.5 Å². The zero-order valence-corrected chi connectivity index (χ0v) is 29.4. The van der Waals surface area contributed by atoms with Crippen LogP contribution in [-0.4, -0.2) is 74.1 Å². The van der Waals surface area contributed by atoms with Gasteiger partial charge in [-0.25, -0.2) is 9.37 Å². The minimum absolute atomic E-state index is 0.0134. The molecule has 2 aliphatic rings. The first kappa shape index (κ1) is 33.7. The zero-order chi connectivity index (χ0) is 32.1. The van der Waals surface area contributed by atoms with Crippen LogP contribution < -0.4 is 10.6 Å². The molecule has 2 saturated heterocycles. The Morgan fingerprint density at radius 2 is 1.67 bits per heavy atom. The van der Waals surface area contributed by atoms with Gasteiger partial charge >= 0.3 is 17.1 Å². The fourth-order valence-electron chi connectivity index (χ4n) is 6.25. The molecule has 1 amide bonds. The summed E-state index contributed by atoms with van der Waals surface area (Å²) in [6.45, 7) is 24.5. The second-order valence-electron chi connectivity index (χ2n) is 13.2. The molecule has 2 aromatic heterocycles. The molecule has 0 saturated carbocycles. The van der Waals surface area contributed by atoms with E-state index in [1.165, 1.54) is 17.0 Å². The van der Waals surface area contributed by atoms with Gasteiger partial charge in [0.15, 0.2) is 23.2 Å². The van der Waals surface area contributed by atoms with Crippen LogP contribution in [0.25, 0.3) is 11.2 Å². The summed E-state index contributed by atoms with van der Waals surface area (Å²) in [6.07, 6.45) is -0.272. The van der Waals surface area contributed by atoms with Gasteiger partial charge < -0.3 is 23.0 Å². The Balaban J connectivity index is 1.86. The number of hydrogen-bond donors (Lipinski definition) is 2. The molecule has 0 spiro atoms. The van der Waals surface area contributed by atoms with Gasteiger partial charge in [-0.2, -0.15) is 9.97 Å². The number of carbonyl (C=O) groups excluding carboxylic acids is 1. The summed E-state index contributed by atoms with van der Waals surface area (Å²) in [6, 6.07) is 0. The number of alkyl halides is 1. The monoisotopic (exact) mass is 636 g/mol. The van der Waals surface area contributed by atoms with Crippen LogP contribution in [0, 0.1) is 5.92 Å². The van der Waals surface area contributed by atoms with Gasteiger partial charge in [-0.05, 0) is 28.2 Å². The lowest BCUT2D eigenvalue weighted by Crippen LogP contribution is -2.66. The Kier molecular flexibility index (Phi) is 9.61. The molecular formula is C29H49FN6O5Si2. The molecule has 2 aliphatic heterocycles. The smallest absolute Gasteiger partial charge is 0.335 e. The van der Waals surface area contributed by atoms with E-state index in [1.807, 2.05) is 0 Å². The van der Waals surface area contributed by atoms with Crippen molar-refractivity contribution >= 4 is 46.0 Å². The number of ether oxygens (including phenoxy) is 1. The highest BCUT2D eigenvalue weighted by atomic mass is 28.5. The van der Waals surface area contributed by atoms with E-state index >= 15 is 4.39 Å². The molecule has 0 bridgehead atoms. The number of anilines is 2. The molecule has 2 fully saturated rings. The number of aromatic nitrogens is 4. The number of halogens is 1. The van der Waals surface area contributed by atoms with E-state index in [0.29, 0.717) is 17.0 Å². The third kappa shape index (κ3) is 5.59. The number of amides is 1. The Labute approximate surface area is 256 Å². The average molecular weight is 637 g/mol. The van der Waals surface area contributed by atoms with Crippen molar-refractivity contribution in [1.29, 1.82) is 0 Å². The van der Waals surface area contributed by atoms with Crippen molar-refractivity contribution in [2.45, 2.75) is 116 Å². The number of nitrogens with one attached hydrogen (secondary N) is 2. The van der Waals surface area contributed by atoms with Gasteiger partial charge in [-0.3, -0.25) is 14.7 Å². The molecule has 0 unspecified atom stereocenters. The van der Waals surface area contributed by atoms with Crippen LogP contribution in [0.3, 0.4) is 0 Å². The maximum absolute atomic E-state index is 17.6. The summed E-state index contributed by atoms with van der Waals surface area (Å²) in [4.78, 5) is 25.9. The first-order valence-electron chi connectivity index (χ1n) is 15.3. The van der Waals surface area contributed by atoms with E-state index in [1.54, 1.807) is 20.9 Å². The van der Waals surface area contributed by atoms with E-state index in [4.69, 9.17) is 17.7 Å². The second kappa shape index (κ2) is 12.3. The summed E-state index contributed by atoms with van der Waals surface area (Å²) < 4.78 is 46.8. The highest BCUT2D eigenvalue weighted by Crippen LogP contribution is 2.52. The van der Waals surface area contributed by atoms with Crippen molar-refractivity contribution in [3.05, 3.63) is 19.0 Å². The van der Waals surface area contributed by atoms with Crippen LogP contribution in [0.4, 0.5) is 16.2 Å². The first-order valence-corrected chi connectivity index (χ1v) is 19.2. The van der Waals surface area contributed by atoms with Crippen molar-refractivity contribution < 1.29 is 26.9 Å². The Morgan fingerprint density at radius 1 is 1.07 bits per heavy atom. The molecule has 240 valence electrons. The molecule has 4 atom stereocenters. The third-order valence-corrected chi connectivity index (χ3v) is 19.0. The first-order chi connectivity index (χ1) is 20.1. The van der Waals surface area contributed by atoms with Gasteiger partial charge in [-0.15, -0.1) is 0 Å². The third-order valence-electron chi connectivity index (χ3n) is 8.76. The van der Waals surface area contributed by atoms with Crippen molar-refractivity contribution in [3.63, 3.8) is 0 Å². The van der Waals surface area contributed by atoms with Gasteiger partial charge in [0.05, 0.1) is 12.9 Å². The lowest BCUT2D eigenvalue weighted by Gasteiger charge is -2.51. The molecule has 11 nitrogen and oxygen atoms in total. The van der Waals surface area contributed by atoms with Gasteiger partial charge in [0, 0.05) is 13.0 Å². The summed E-state index contributed by atoms with van der Waals surface area (Å²) in [5.74, 6) is -0.0634. The molecule has 4 rings (SSSR count). The minimum Gasteiger partial charge on any atom is -0.414 e. The van der Waals surface area contributed by atoms with Crippen molar-refractivity contribution in [3.8, 4) is 0 Å². The van der Waals surface area contributed by atoms with E-state index < -0.39 is 41.2 Å². The molecule has 2 aromatic rings. The van der Waals surface area contributed by atoms with Crippen molar-refractivity contribution in [2.75, 3.05) is 24.3 Å². The maximum atomic E-state index is 17.6. The standard InChI is InChI=1S/C29H49FN6O5Si2/c1-13-29(30)23-21(14-38-42(17(4)5,18(6)7)41-43(40-23,19(8)9)20(10)11)39-27(29)36-15-32-22-24(31-12)33-28(34-25(22)36)35-26(37)16(2)3/h13,15-21,23,27H,1,14H2,2-12H3,(H2,31,33,34,35,37)/t21-,23-,27-,29-/m1/s1. The molecule has 43 heavy (non-hydrogen) atoms. The number of hydrogen-bond acceptors (Lipinski definition) is 9. The predicted octanol–water partition coefficient (Wildman–Crippen LogP) is 6.21. The SMILES string of the molecule is C=C[C@@]1(F)[C@@H]2O[Si](C(C)C)(C(C)C)O[Si](C(C)C)(C(C)C)OC[C@H]2O[C@H]1n1cnc2c(NC)nc(NC(=O)C(C)C)nc21. The fraction of sp³-hybridized carbons (Fsp3) is 0.724. The summed E-state index contributed by atoms with van der Waals surface area (Å²) in [7, 11) is -4.29. The highest BCUT2D eigenvalue weighted by molar-refractivity contribution is 6.84. The van der Waals surface area contributed by atoms with Gasteiger partial charge in [0.2, 0.25) is 17.5 Å². The normalized spacial score (nSPS) is 27.1. The summed E-state index contributed by atoms with van der Waals surface area (Å²) in [5.41, 5.74) is -1.18. The summed E-state index contributed by atoms with van der Waals surface area (Å²) >= 11 is 0. The molecule has 4 heterocycles. The number of rotatable bonds is 9. The van der Waals surface area contributed by atoms with E-state index in [2.05, 4.69) is 87.6 Å². The maximum Gasteiger partial charge on any atom is 0.335 e. The van der Waals surface area contributed by atoms with Crippen LogP contribution in [0.15, 0.2) is 19.0 Å². The largest absolute Gasteiger partial charge is 0.414 e. The number of carbonyl (C=O) groups is 1. The number of imidazole rings is 1. The molecule has 0 aromatic carbocycles. The lowest BCUT2D eigenvalue weighted by molar-refractivity contribution is -0.118. The van der Waals surface area contributed by atoms with Gasteiger partial charge in [0.1, 0.15) is 12.2 Å². The Bertz CT molecular complexity index is 1320. The molecule has 0 aliphatic carbocycles. The van der Waals surface area contributed by atoms with Crippen LogP contribution in [0.1, 0.15) is 75.5 Å². The van der Waals surface area contributed by atoms with E-state index in [9.17, 15) is 4.79 Å². The number of fused-ring (bicyclic) bond motifs is 2.